The van der Waals surface area contributed by atoms with Crippen LogP contribution in [0.15, 0.2) is 24.3 Å². The minimum atomic E-state index is 0.0974. The Hall–Kier alpha value is -1.39. The van der Waals surface area contributed by atoms with E-state index in [-0.39, 0.29) is 12.0 Å². The Morgan fingerprint density at radius 1 is 1.53 bits per heavy atom. The number of amides is 1. The van der Waals surface area contributed by atoms with Crippen molar-refractivity contribution in [1.29, 1.82) is 0 Å². The summed E-state index contributed by atoms with van der Waals surface area (Å²) in [7, 11) is 0. The third kappa shape index (κ3) is 4.04. The van der Waals surface area contributed by atoms with Crippen molar-refractivity contribution in [3.63, 3.8) is 0 Å². The Morgan fingerprint density at radius 2 is 2.37 bits per heavy atom. The van der Waals surface area contributed by atoms with Crippen molar-refractivity contribution in [2.24, 2.45) is 5.73 Å². The molecule has 2 N–H and O–H groups in total. The van der Waals surface area contributed by atoms with Gasteiger partial charge < -0.3 is 15.4 Å². The zero-order valence-electron chi connectivity index (χ0n) is 11.5. The molecule has 0 saturated carbocycles. The minimum absolute atomic E-state index is 0.0974. The second kappa shape index (κ2) is 6.68. The lowest BCUT2D eigenvalue weighted by molar-refractivity contribution is -0.138. The van der Waals surface area contributed by atoms with E-state index in [9.17, 15) is 4.79 Å². The van der Waals surface area contributed by atoms with Crippen LogP contribution in [0.2, 0.25) is 0 Å². The highest BCUT2D eigenvalue weighted by molar-refractivity contribution is 5.79. The van der Waals surface area contributed by atoms with Crippen LogP contribution < -0.4 is 5.73 Å². The molecule has 4 heteroatoms. The third-order valence-electron chi connectivity index (χ3n) is 3.42. The predicted molar refractivity (Wildman–Crippen MR) is 74.9 cm³/mol. The average Bonchev–Trinajstić information content (AvgIpc) is 2.39. The number of hydrogen-bond donors (Lipinski definition) is 1. The van der Waals surface area contributed by atoms with Crippen molar-refractivity contribution in [3.05, 3.63) is 35.4 Å². The van der Waals surface area contributed by atoms with Gasteiger partial charge in [0.15, 0.2) is 0 Å². The smallest absolute Gasteiger partial charge is 0.227 e. The molecule has 1 atom stereocenters. The number of nitrogens with two attached hydrogens (primary N) is 1. The fourth-order valence-electron chi connectivity index (χ4n) is 2.41. The number of benzene rings is 1. The number of carbonyl (C=O) groups excluding carboxylic acids is 1. The van der Waals surface area contributed by atoms with E-state index in [0.717, 1.165) is 12.0 Å². The zero-order chi connectivity index (χ0) is 13.7. The van der Waals surface area contributed by atoms with Crippen LogP contribution in [0.1, 0.15) is 17.5 Å². The van der Waals surface area contributed by atoms with E-state index >= 15 is 0 Å². The number of aryl methyl sites for hydroxylation is 1. The van der Waals surface area contributed by atoms with Crippen LogP contribution in [0, 0.1) is 6.92 Å². The monoisotopic (exact) mass is 262 g/mol. The molecule has 19 heavy (non-hydrogen) atoms. The van der Waals surface area contributed by atoms with E-state index in [1.165, 1.54) is 5.56 Å². The second-order valence-corrected chi connectivity index (χ2v) is 5.08. The van der Waals surface area contributed by atoms with Crippen molar-refractivity contribution in [2.45, 2.75) is 25.9 Å². The molecule has 1 fully saturated rings. The second-order valence-electron chi connectivity index (χ2n) is 5.08. The van der Waals surface area contributed by atoms with Crippen LogP contribution in [-0.2, 0) is 16.0 Å². The van der Waals surface area contributed by atoms with Gasteiger partial charge in [-0.05, 0) is 25.5 Å². The predicted octanol–water partition coefficient (Wildman–Crippen LogP) is 1.11. The molecule has 4 nitrogen and oxygen atoms in total. The van der Waals surface area contributed by atoms with Gasteiger partial charge in [-0.25, -0.2) is 0 Å². The molecule has 0 aromatic heterocycles. The number of carbonyl (C=O) groups is 1. The molecule has 1 heterocycles. The molecule has 1 aliphatic rings. The maximum atomic E-state index is 12.3. The summed E-state index contributed by atoms with van der Waals surface area (Å²) in [6, 6.07) is 8.10. The largest absolute Gasteiger partial charge is 0.374 e. The summed E-state index contributed by atoms with van der Waals surface area (Å²) in [5.41, 5.74) is 7.80. The summed E-state index contributed by atoms with van der Waals surface area (Å²) in [6.07, 6.45) is 1.38. The summed E-state index contributed by atoms with van der Waals surface area (Å²) < 4.78 is 5.59. The van der Waals surface area contributed by atoms with E-state index in [2.05, 4.69) is 6.07 Å². The molecule has 1 unspecified atom stereocenters. The van der Waals surface area contributed by atoms with Gasteiger partial charge in [0.1, 0.15) is 0 Å². The topological polar surface area (TPSA) is 55.6 Å². The summed E-state index contributed by atoms with van der Waals surface area (Å²) in [4.78, 5) is 14.2. The fourth-order valence-corrected chi connectivity index (χ4v) is 2.41. The molecule has 1 amide bonds. The lowest BCUT2D eigenvalue weighted by Crippen LogP contribution is -2.46. The summed E-state index contributed by atoms with van der Waals surface area (Å²) in [5.74, 6) is 0.177. The molecule has 0 spiro atoms. The maximum absolute atomic E-state index is 12.3. The Balaban J connectivity index is 1.92. The van der Waals surface area contributed by atoms with Gasteiger partial charge >= 0.3 is 0 Å². The van der Waals surface area contributed by atoms with E-state index in [1.807, 2.05) is 30.0 Å². The van der Waals surface area contributed by atoms with Crippen molar-refractivity contribution in [1.82, 2.24) is 4.90 Å². The molecule has 0 radical (unpaired) electrons. The number of rotatable bonds is 4. The SMILES string of the molecule is Cc1cccc(CC(=O)N2CCOC(CCN)C2)c1. The van der Waals surface area contributed by atoms with Crippen LogP contribution in [0.4, 0.5) is 0 Å². The quantitative estimate of drug-likeness (QED) is 0.884. The van der Waals surface area contributed by atoms with Crippen LogP contribution in [0.3, 0.4) is 0 Å². The van der Waals surface area contributed by atoms with E-state index in [1.54, 1.807) is 0 Å². The van der Waals surface area contributed by atoms with Gasteiger partial charge in [0, 0.05) is 13.1 Å². The number of morpholine rings is 1. The van der Waals surface area contributed by atoms with Crippen LogP contribution in [0.25, 0.3) is 0 Å². The van der Waals surface area contributed by atoms with Gasteiger partial charge in [-0.3, -0.25) is 4.79 Å². The molecule has 1 aromatic carbocycles. The summed E-state index contributed by atoms with van der Waals surface area (Å²) in [5, 5.41) is 0. The van der Waals surface area contributed by atoms with Gasteiger partial charge in [-0.1, -0.05) is 29.8 Å². The highest BCUT2D eigenvalue weighted by atomic mass is 16.5. The molecule has 0 aliphatic carbocycles. The first-order valence-electron chi connectivity index (χ1n) is 6.84. The molecular formula is C15H22N2O2. The molecule has 0 bridgehead atoms. The Bertz CT molecular complexity index is 432. The fraction of sp³-hybridized carbons (Fsp3) is 0.533. The number of ether oxygens (including phenoxy) is 1. The highest BCUT2D eigenvalue weighted by Gasteiger charge is 2.23. The Labute approximate surface area is 114 Å². The summed E-state index contributed by atoms with van der Waals surface area (Å²) in [6.45, 7) is 4.61. The first-order chi connectivity index (χ1) is 9.19. The van der Waals surface area contributed by atoms with Crippen molar-refractivity contribution >= 4 is 5.91 Å². The average molecular weight is 262 g/mol. The van der Waals surface area contributed by atoms with E-state index in [4.69, 9.17) is 10.5 Å². The van der Waals surface area contributed by atoms with Gasteiger partial charge in [-0.15, -0.1) is 0 Å². The molecule has 1 aliphatic heterocycles. The molecule has 1 saturated heterocycles. The van der Waals surface area contributed by atoms with Gasteiger partial charge in [0.25, 0.3) is 0 Å². The van der Waals surface area contributed by atoms with Crippen molar-refractivity contribution in [3.8, 4) is 0 Å². The maximum Gasteiger partial charge on any atom is 0.227 e. The lowest BCUT2D eigenvalue weighted by Gasteiger charge is -2.33. The standard InChI is InChI=1S/C15H22N2O2/c1-12-3-2-4-13(9-12)10-15(18)17-7-8-19-14(11-17)5-6-16/h2-4,9,14H,5-8,10-11,16H2,1H3. The lowest BCUT2D eigenvalue weighted by atomic mass is 10.1. The van der Waals surface area contributed by atoms with Crippen molar-refractivity contribution in [2.75, 3.05) is 26.2 Å². The summed E-state index contributed by atoms with van der Waals surface area (Å²) >= 11 is 0. The van der Waals surface area contributed by atoms with E-state index < -0.39 is 0 Å². The molecule has 2 rings (SSSR count). The van der Waals surface area contributed by atoms with Gasteiger partial charge in [0.05, 0.1) is 19.1 Å². The normalized spacial score (nSPS) is 19.5. The minimum Gasteiger partial charge on any atom is -0.374 e. The van der Waals surface area contributed by atoms with Crippen LogP contribution in [-0.4, -0.2) is 43.2 Å². The highest BCUT2D eigenvalue weighted by Crippen LogP contribution is 2.11. The molecule has 104 valence electrons. The van der Waals surface area contributed by atoms with Crippen LogP contribution >= 0.6 is 0 Å². The molecule has 1 aromatic rings. The first-order valence-corrected chi connectivity index (χ1v) is 6.84. The zero-order valence-corrected chi connectivity index (χ0v) is 11.5. The first kappa shape index (κ1) is 14.0. The number of nitrogens with zero attached hydrogens (tertiary/aromatic N) is 1. The van der Waals surface area contributed by atoms with E-state index in [0.29, 0.717) is 32.7 Å². The van der Waals surface area contributed by atoms with Crippen molar-refractivity contribution < 1.29 is 9.53 Å². The van der Waals surface area contributed by atoms with Gasteiger partial charge in [0.2, 0.25) is 5.91 Å². The molecular weight excluding hydrogens is 240 g/mol. The van der Waals surface area contributed by atoms with Crippen LogP contribution in [0.5, 0.6) is 0 Å². The number of hydrogen-bond acceptors (Lipinski definition) is 3. The Kier molecular flexibility index (Phi) is 4.93. The third-order valence-corrected chi connectivity index (χ3v) is 3.42. The Morgan fingerprint density at radius 3 is 3.11 bits per heavy atom. The van der Waals surface area contributed by atoms with Gasteiger partial charge in [-0.2, -0.15) is 0 Å².